The van der Waals surface area contributed by atoms with Gasteiger partial charge in [-0.15, -0.1) is 0 Å². The van der Waals surface area contributed by atoms with Gasteiger partial charge in [-0.1, -0.05) is 20.3 Å². The molecule has 1 unspecified atom stereocenters. The van der Waals surface area contributed by atoms with Crippen LogP contribution in [0.25, 0.3) is 0 Å². The van der Waals surface area contributed by atoms with Crippen LogP contribution in [0.15, 0.2) is 12.3 Å². The zero-order valence-electron chi connectivity index (χ0n) is 9.86. The third kappa shape index (κ3) is 3.18. The number of aromatic nitrogens is 1. The Bertz CT molecular complexity index is 379. The molecule has 1 aromatic heterocycles. The normalized spacial score (nSPS) is 12.2. The van der Waals surface area contributed by atoms with Crippen LogP contribution in [0.1, 0.15) is 25.8 Å². The van der Waals surface area contributed by atoms with Gasteiger partial charge in [-0.3, -0.25) is 10.1 Å². The molecule has 0 aliphatic heterocycles. The second-order valence-corrected chi connectivity index (χ2v) is 4.01. The molecule has 5 nitrogen and oxygen atoms in total. The zero-order valence-corrected chi connectivity index (χ0v) is 9.86. The van der Waals surface area contributed by atoms with Crippen LogP contribution >= 0.6 is 0 Å². The minimum absolute atomic E-state index is 0.113. The number of pyridine rings is 1. The summed E-state index contributed by atoms with van der Waals surface area (Å²) in [5, 5.41) is 13.8. The number of hydrogen-bond acceptors (Lipinski definition) is 4. The maximum Gasteiger partial charge on any atom is 0.277 e. The van der Waals surface area contributed by atoms with Crippen molar-refractivity contribution in [2.75, 3.05) is 11.9 Å². The lowest BCUT2D eigenvalue weighted by Gasteiger charge is -2.10. The number of anilines is 1. The van der Waals surface area contributed by atoms with Gasteiger partial charge in [0.2, 0.25) is 0 Å². The molecule has 0 saturated heterocycles. The Morgan fingerprint density at radius 1 is 1.62 bits per heavy atom. The maximum atomic E-state index is 10.7. The van der Waals surface area contributed by atoms with E-state index in [4.69, 9.17) is 0 Å². The highest BCUT2D eigenvalue weighted by Crippen LogP contribution is 2.20. The summed E-state index contributed by atoms with van der Waals surface area (Å²) in [5.41, 5.74) is 0.695. The number of hydrogen-bond donors (Lipinski definition) is 1. The quantitative estimate of drug-likeness (QED) is 0.615. The largest absolute Gasteiger partial charge is 0.370 e. The lowest BCUT2D eigenvalue weighted by Crippen LogP contribution is -2.11. The summed E-state index contributed by atoms with van der Waals surface area (Å²) in [6.07, 6.45) is 2.60. The molecule has 1 atom stereocenters. The van der Waals surface area contributed by atoms with E-state index in [1.54, 1.807) is 6.92 Å². The van der Waals surface area contributed by atoms with E-state index in [9.17, 15) is 10.1 Å². The molecule has 0 aliphatic rings. The topological polar surface area (TPSA) is 68.1 Å². The Morgan fingerprint density at radius 2 is 2.31 bits per heavy atom. The molecule has 0 radical (unpaired) electrons. The predicted molar refractivity (Wildman–Crippen MR) is 63.6 cm³/mol. The van der Waals surface area contributed by atoms with E-state index in [-0.39, 0.29) is 10.6 Å². The highest BCUT2D eigenvalue weighted by molar-refractivity contribution is 5.48. The smallest absolute Gasteiger partial charge is 0.277 e. The number of nitro groups is 1. The fourth-order valence-electron chi connectivity index (χ4n) is 1.23. The minimum Gasteiger partial charge on any atom is -0.370 e. The van der Waals surface area contributed by atoms with Crippen LogP contribution in [-0.2, 0) is 0 Å². The molecular weight excluding hydrogens is 206 g/mol. The lowest BCUT2D eigenvalue weighted by molar-refractivity contribution is -0.385. The molecular formula is C11H17N3O2. The lowest BCUT2D eigenvalue weighted by atomic mass is 10.1. The van der Waals surface area contributed by atoms with E-state index in [0.29, 0.717) is 17.3 Å². The van der Waals surface area contributed by atoms with Gasteiger partial charge in [0.05, 0.1) is 11.0 Å². The molecule has 5 heteroatoms. The molecule has 0 saturated carbocycles. The van der Waals surface area contributed by atoms with Gasteiger partial charge in [0.15, 0.2) is 0 Å². The summed E-state index contributed by atoms with van der Waals surface area (Å²) in [6, 6.07) is 1.48. The van der Waals surface area contributed by atoms with Gasteiger partial charge in [-0.05, 0) is 12.8 Å². The zero-order chi connectivity index (χ0) is 12.1. The number of nitrogens with one attached hydrogen (secondary N) is 1. The van der Waals surface area contributed by atoms with E-state index < -0.39 is 0 Å². The van der Waals surface area contributed by atoms with Crippen LogP contribution < -0.4 is 5.32 Å². The van der Waals surface area contributed by atoms with Crippen LogP contribution in [0.4, 0.5) is 11.5 Å². The van der Waals surface area contributed by atoms with Crippen molar-refractivity contribution in [3.8, 4) is 0 Å². The summed E-state index contributed by atoms with van der Waals surface area (Å²) < 4.78 is 0. The van der Waals surface area contributed by atoms with Crippen LogP contribution in [0.5, 0.6) is 0 Å². The summed E-state index contributed by atoms with van der Waals surface area (Å²) >= 11 is 0. The van der Waals surface area contributed by atoms with Gasteiger partial charge in [0.1, 0.15) is 5.82 Å². The third-order valence-corrected chi connectivity index (χ3v) is 2.60. The van der Waals surface area contributed by atoms with Gasteiger partial charge in [0, 0.05) is 18.3 Å². The second-order valence-electron chi connectivity index (χ2n) is 4.01. The predicted octanol–water partition coefficient (Wildman–Crippen LogP) is 2.76. The third-order valence-electron chi connectivity index (χ3n) is 2.60. The Labute approximate surface area is 95.0 Å². The van der Waals surface area contributed by atoms with Crippen molar-refractivity contribution in [2.45, 2.75) is 27.2 Å². The van der Waals surface area contributed by atoms with E-state index in [2.05, 4.69) is 24.1 Å². The van der Waals surface area contributed by atoms with E-state index in [0.717, 1.165) is 13.0 Å². The van der Waals surface area contributed by atoms with E-state index in [1.807, 2.05) is 0 Å². The first-order valence-corrected chi connectivity index (χ1v) is 5.39. The van der Waals surface area contributed by atoms with E-state index in [1.165, 1.54) is 12.3 Å². The number of aryl methyl sites for hydroxylation is 1. The Morgan fingerprint density at radius 3 is 2.88 bits per heavy atom. The minimum atomic E-state index is -0.383. The molecule has 1 N–H and O–H groups in total. The summed E-state index contributed by atoms with van der Waals surface area (Å²) in [7, 11) is 0. The molecule has 1 heterocycles. The van der Waals surface area contributed by atoms with Gasteiger partial charge >= 0.3 is 0 Å². The SMILES string of the molecule is CCC(C)CNc1cc([N+](=O)[O-])c(C)cn1. The first-order chi connectivity index (χ1) is 7.54. The van der Waals surface area contributed by atoms with Crippen molar-refractivity contribution in [2.24, 2.45) is 5.92 Å². The van der Waals surface area contributed by atoms with Crippen molar-refractivity contribution < 1.29 is 4.92 Å². The average Bonchev–Trinajstić information content (AvgIpc) is 2.27. The van der Waals surface area contributed by atoms with Crippen molar-refractivity contribution in [1.82, 2.24) is 4.98 Å². The molecule has 0 bridgehead atoms. The fraction of sp³-hybridized carbons (Fsp3) is 0.545. The summed E-state index contributed by atoms with van der Waals surface area (Å²) in [6.45, 7) is 6.69. The number of nitrogens with zero attached hydrogens (tertiary/aromatic N) is 2. The highest BCUT2D eigenvalue weighted by Gasteiger charge is 2.12. The molecule has 16 heavy (non-hydrogen) atoms. The molecule has 0 aliphatic carbocycles. The fourth-order valence-corrected chi connectivity index (χ4v) is 1.23. The Balaban J connectivity index is 2.75. The van der Waals surface area contributed by atoms with E-state index >= 15 is 0 Å². The second kappa shape index (κ2) is 5.44. The maximum absolute atomic E-state index is 10.7. The molecule has 88 valence electrons. The summed E-state index contributed by atoms with van der Waals surface area (Å²) in [5.74, 6) is 1.10. The van der Waals surface area contributed by atoms with Gasteiger partial charge in [-0.25, -0.2) is 4.98 Å². The Hall–Kier alpha value is -1.65. The van der Waals surface area contributed by atoms with Crippen molar-refractivity contribution in [1.29, 1.82) is 0 Å². The van der Waals surface area contributed by atoms with Crippen LogP contribution in [0, 0.1) is 23.0 Å². The van der Waals surface area contributed by atoms with Crippen LogP contribution in [0.3, 0.4) is 0 Å². The highest BCUT2D eigenvalue weighted by atomic mass is 16.6. The van der Waals surface area contributed by atoms with Gasteiger partial charge in [-0.2, -0.15) is 0 Å². The van der Waals surface area contributed by atoms with Crippen LogP contribution in [0.2, 0.25) is 0 Å². The van der Waals surface area contributed by atoms with Gasteiger partial charge in [0.25, 0.3) is 5.69 Å². The monoisotopic (exact) mass is 223 g/mol. The van der Waals surface area contributed by atoms with Gasteiger partial charge < -0.3 is 5.32 Å². The average molecular weight is 223 g/mol. The molecule has 1 aromatic rings. The molecule has 0 aromatic carbocycles. The van der Waals surface area contributed by atoms with Crippen LogP contribution in [-0.4, -0.2) is 16.5 Å². The standard InChI is InChI=1S/C11H17N3O2/c1-4-8(2)6-12-11-5-10(14(15)16)9(3)7-13-11/h5,7-8H,4,6H2,1-3H3,(H,12,13). The first-order valence-electron chi connectivity index (χ1n) is 5.39. The summed E-state index contributed by atoms with van der Waals surface area (Å²) in [4.78, 5) is 14.4. The van der Waals surface area contributed by atoms with Crippen molar-refractivity contribution in [3.63, 3.8) is 0 Å². The Kier molecular flexibility index (Phi) is 4.22. The molecule has 0 fully saturated rings. The molecule has 0 spiro atoms. The first kappa shape index (κ1) is 12.4. The van der Waals surface area contributed by atoms with Crippen molar-refractivity contribution in [3.05, 3.63) is 27.9 Å². The molecule has 1 rings (SSSR count). The molecule has 0 amide bonds. The van der Waals surface area contributed by atoms with Crippen molar-refractivity contribution >= 4 is 11.5 Å². The number of rotatable bonds is 5.